The van der Waals surface area contributed by atoms with Crippen LogP contribution in [0.15, 0.2) is 92.1 Å². The Morgan fingerprint density at radius 2 is 1.63 bits per heavy atom. The molecule has 0 amide bonds. The summed E-state index contributed by atoms with van der Waals surface area (Å²) in [4.78, 5) is 44.1. The molecule has 1 aliphatic rings. The molecule has 1 saturated carbocycles. The van der Waals surface area contributed by atoms with Crippen LogP contribution in [-0.2, 0) is 6.18 Å². The Hall–Kier alpha value is -4.71. The second-order valence-electron chi connectivity index (χ2n) is 10.5. The number of rotatable bonds is 7. The maximum absolute atomic E-state index is 13.9. The average molecular weight is 606 g/mol. The molecule has 2 aromatic heterocycles. The van der Waals surface area contributed by atoms with Crippen LogP contribution in [-0.4, -0.2) is 14.1 Å². The number of fused-ring (bicyclic) bond motifs is 1. The van der Waals surface area contributed by atoms with Gasteiger partial charge in [0.05, 0.1) is 16.8 Å². The lowest BCUT2D eigenvalue weighted by Gasteiger charge is -2.18. The van der Waals surface area contributed by atoms with E-state index in [1.807, 2.05) is 31.2 Å². The van der Waals surface area contributed by atoms with Crippen LogP contribution in [0.1, 0.15) is 35.6 Å². The first-order valence-corrected chi connectivity index (χ1v) is 14.3. The van der Waals surface area contributed by atoms with Gasteiger partial charge in [0, 0.05) is 27.9 Å². The summed E-state index contributed by atoms with van der Waals surface area (Å²) in [7, 11) is 0. The van der Waals surface area contributed by atoms with Gasteiger partial charge in [-0.3, -0.25) is 18.7 Å². The van der Waals surface area contributed by atoms with Gasteiger partial charge in [-0.1, -0.05) is 29.8 Å². The van der Waals surface area contributed by atoms with Gasteiger partial charge in [0.1, 0.15) is 11.2 Å². The van der Waals surface area contributed by atoms with Crippen molar-refractivity contribution in [1.82, 2.24) is 14.1 Å². The van der Waals surface area contributed by atoms with E-state index in [2.05, 4.69) is 15.0 Å². The molecule has 1 fully saturated rings. The number of anilines is 3. The van der Waals surface area contributed by atoms with Crippen molar-refractivity contribution in [2.45, 2.75) is 43.8 Å². The van der Waals surface area contributed by atoms with Crippen molar-refractivity contribution in [2.24, 2.45) is 0 Å². The number of aryl methyl sites for hydroxylation is 2. The summed E-state index contributed by atoms with van der Waals surface area (Å²) in [5.74, 6) is 0.178. The summed E-state index contributed by atoms with van der Waals surface area (Å²) in [5.41, 5.74) is 0.652. The van der Waals surface area contributed by atoms with Gasteiger partial charge < -0.3 is 15.0 Å². The van der Waals surface area contributed by atoms with Gasteiger partial charge >= 0.3 is 11.9 Å². The van der Waals surface area contributed by atoms with Crippen molar-refractivity contribution in [3.63, 3.8) is 0 Å². The first-order chi connectivity index (χ1) is 20.5. The third-order valence-corrected chi connectivity index (χ3v) is 8.09. The highest BCUT2D eigenvalue weighted by molar-refractivity contribution is 8.00. The van der Waals surface area contributed by atoms with E-state index in [1.165, 1.54) is 15.2 Å². The van der Waals surface area contributed by atoms with E-state index in [0.717, 1.165) is 29.6 Å². The fourth-order valence-corrected chi connectivity index (χ4v) is 5.61. The monoisotopic (exact) mass is 605 g/mol. The molecule has 2 heterocycles. The van der Waals surface area contributed by atoms with Crippen LogP contribution in [0.3, 0.4) is 0 Å². The maximum Gasteiger partial charge on any atom is 0.416 e. The third-order valence-electron chi connectivity index (χ3n) is 7.26. The number of nitrogens with zero attached hydrogens (tertiary/aromatic N) is 2. The zero-order chi connectivity index (χ0) is 30.5. The van der Waals surface area contributed by atoms with E-state index in [9.17, 15) is 27.6 Å². The maximum atomic E-state index is 13.9. The highest BCUT2D eigenvalue weighted by Crippen LogP contribution is 2.35. The van der Waals surface area contributed by atoms with Crippen molar-refractivity contribution in [2.75, 3.05) is 10.0 Å². The fraction of sp³-hybridized carbons (Fsp3) is 0.194. The predicted octanol–water partition coefficient (Wildman–Crippen LogP) is 6.67. The van der Waals surface area contributed by atoms with E-state index >= 15 is 0 Å². The van der Waals surface area contributed by atoms with Crippen LogP contribution >= 0.6 is 11.9 Å². The van der Waals surface area contributed by atoms with Crippen molar-refractivity contribution in [3.05, 3.63) is 121 Å². The van der Waals surface area contributed by atoms with Crippen LogP contribution < -0.4 is 26.8 Å². The first-order valence-electron chi connectivity index (χ1n) is 13.5. The number of aromatic amines is 1. The summed E-state index contributed by atoms with van der Waals surface area (Å²) < 4.78 is 45.1. The van der Waals surface area contributed by atoms with Gasteiger partial charge in [0.15, 0.2) is 0 Å². The number of alkyl halides is 3. The number of halogens is 3. The molecule has 220 valence electrons. The molecule has 0 saturated heterocycles. The number of hydrogen-bond donors (Lipinski definition) is 3. The molecule has 3 N–H and O–H groups in total. The summed E-state index contributed by atoms with van der Waals surface area (Å²) in [5, 5.41) is 3.32. The van der Waals surface area contributed by atoms with E-state index in [0.29, 0.717) is 34.8 Å². The molecule has 8 nitrogen and oxygen atoms in total. The smallest absolute Gasteiger partial charge is 0.341 e. The van der Waals surface area contributed by atoms with Gasteiger partial charge in [-0.25, -0.2) is 4.79 Å². The topological polar surface area (TPSA) is 101 Å². The predicted molar refractivity (Wildman–Crippen MR) is 163 cm³/mol. The zero-order valence-corrected chi connectivity index (χ0v) is 23.9. The van der Waals surface area contributed by atoms with E-state index in [1.54, 1.807) is 37.3 Å². The third kappa shape index (κ3) is 5.57. The number of aromatic nitrogens is 3. The van der Waals surface area contributed by atoms with Gasteiger partial charge in [-0.05, 0) is 87.2 Å². The van der Waals surface area contributed by atoms with E-state index < -0.39 is 28.5 Å². The molecule has 6 rings (SSSR count). The summed E-state index contributed by atoms with van der Waals surface area (Å²) in [6.07, 6.45) is -3.11. The molecular formula is C31H26F3N5O3S. The second kappa shape index (κ2) is 10.8. The Labute approximate surface area is 247 Å². The molecule has 0 spiro atoms. The zero-order valence-electron chi connectivity index (χ0n) is 23.1. The summed E-state index contributed by atoms with van der Waals surface area (Å²) in [6.45, 7) is 3.50. The first kappa shape index (κ1) is 28.4. The van der Waals surface area contributed by atoms with Gasteiger partial charge in [0.25, 0.3) is 11.1 Å². The minimum Gasteiger partial charge on any atom is -0.341 e. The summed E-state index contributed by atoms with van der Waals surface area (Å²) >= 11 is 0.989. The van der Waals surface area contributed by atoms with Crippen LogP contribution in [0, 0.1) is 13.8 Å². The number of hydrogen-bond acceptors (Lipinski definition) is 6. The molecule has 1 aliphatic carbocycles. The lowest BCUT2D eigenvalue weighted by molar-refractivity contribution is -0.137. The Morgan fingerprint density at radius 3 is 2.33 bits per heavy atom. The van der Waals surface area contributed by atoms with E-state index in [-0.39, 0.29) is 28.3 Å². The van der Waals surface area contributed by atoms with Gasteiger partial charge in [-0.15, -0.1) is 0 Å². The van der Waals surface area contributed by atoms with Crippen LogP contribution in [0.25, 0.3) is 16.6 Å². The average Bonchev–Trinajstić information content (AvgIpc) is 3.81. The fourth-order valence-electron chi connectivity index (χ4n) is 4.91. The number of pyridine rings is 1. The lowest BCUT2D eigenvalue weighted by atomic mass is 10.1. The van der Waals surface area contributed by atoms with Crippen molar-refractivity contribution in [1.29, 1.82) is 0 Å². The molecule has 43 heavy (non-hydrogen) atoms. The van der Waals surface area contributed by atoms with Crippen LogP contribution in [0.2, 0.25) is 0 Å². The molecule has 0 radical (unpaired) electrons. The minimum atomic E-state index is -4.47. The highest BCUT2D eigenvalue weighted by Gasteiger charge is 2.32. The molecule has 3 aromatic carbocycles. The van der Waals surface area contributed by atoms with Crippen LogP contribution in [0.5, 0.6) is 0 Å². The Bertz CT molecular complexity index is 2040. The Balaban J connectivity index is 1.48. The van der Waals surface area contributed by atoms with Gasteiger partial charge in [-0.2, -0.15) is 13.2 Å². The molecule has 0 atom stereocenters. The van der Waals surface area contributed by atoms with Crippen molar-refractivity contribution in [3.8, 4) is 5.69 Å². The van der Waals surface area contributed by atoms with Crippen molar-refractivity contribution >= 4 is 40.0 Å². The Kier molecular flexibility index (Phi) is 7.17. The normalized spacial score (nSPS) is 13.3. The second-order valence-corrected chi connectivity index (χ2v) is 11.4. The van der Waals surface area contributed by atoms with Crippen LogP contribution in [0.4, 0.5) is 30.4 Å². The highest BCUT2D eigenvalue weighted by atomic mass is 32.2. The number of H-pyrrole nitrogens is 1. The largest absolute Gasteiger partial charge is 0.416 e. The SMILES string of the molecule is Cc1ccc(Nc2[nH]c(=O)c(C)c3c2c(=O)n(C2CC2)c(=O)n3-c2cccc(NSc3cccc(C(F)(F)F)c3)c2)cc1. The molecular weight excluding hydrogens is 579 g/mol. The molecule has 12 heteroatoms. The molecule has 0 aliphatic heterocycles. The number of benzene rings is 3. The number of nitrogens with one attached hydrogen (secondary N) is 3. The summed E-state index contributed by atoms with van der Waals surface area (Å²) in [6, 6.07) is 18.8. The van der Waals surface area contributed by atoms with Gasteiger partial charge in [0.2, 0.25) is 0 Å². The standard InChI is InChI=1S/C31H26F3N5O3S/c1-17-9-11-20(12-10-17)35-27-25-26(18(2)28(40)36-27)38(30(42)39(29(25)41)22-13-14-22)23-7-4-6-21(16-23)37-43-24-8-3-5-19(15-24)31(32,33)34/h3-12,15-16,22,37H,13-14H2,1-2H3,(H2,35,36,40). The molecule has 0 bridgehead atoms. The quantitative estimate of drug-likeness (QED) is 0.179. The molecule has 0 unspecified atom stereocenters. The van der Waals surface area contributed by atoms with E-state index in [4.69, 9.17) is 0 Å². The van der Waals surface area contributed by atoms with Crippen molar-refractivity contribution < 1.29 is 13.2 Å². The minimum absolute atomic E-state index is 0.167. The molecule has 5 aromatic rings. The Morgan fingerprint density at radius 1 is 0.907 bits per heavy atom. The lowest BCUT2D eigenvalue weighted by Crippen LogP contribution is -2.40.